The van der Waals surface area contributed by atoms with E-state index in [1.165, 1.54) is 0 Å². The van der Waals surface area contributed by atoms with Crippen molar-refractivity contribution in [2.24, 2.45) is 5.73 Å². The summed E-state index contributed by atoms with van der Waals surface area (Å²) >= 11 is 3.35. The van der Waals surface area contributed by atoms with Crippen molar-refractivity contribution < 1.29 is 0 Å². The first kappa shape index (κ1) is 10.7. The van der Waals surface area contributed by atoms with Crippen LogP contribution in [0, 0.1) is 0 Å². The fraction of sp³-hybridized carbons (Fsp3) is 0.500. The van der Waals surface area contributed by atoms with Crippen molar-refractivity contribution in [2.75, 3.05) is 0 Å². The van der Waals surface area contributed by atoms with Crippen molar-refractivity contribution in [2.45, 2.75) is 32.2 Å². The van der Waals surface area contributed by atoms with Gasteiger partial charge in [-0.05, 0) is 41.4 Å². The highest BCUT2D eigenvalue weighted by Crippen LogP contribution is 2.14. The Hall–Kier alpha value is -0.410. The highest BCUT2D eigenvalue weighted by molar-refractivity contribution is 9.10. The standard InChI is InChI=1S/C10H15BrN2/c1-3-10(2,12)6-9-5-4-8(11)7-13-9/h4-5,7H,3,6,12H2,1-2H3. The number of halogens is 1. The fourth-order valence-corrected chi connectivity index (χ4v) is 1.28. The summed E-state index contributed by atoms with van der Waals surface area (Å²) in [5.74, 6) is 0. The lowest BCUT2D eigenvalue weighted by Gasteiger charge is -2.21. The van der Waals surface area contributed by atoms with Gasteiger partial charge in [-0.3, -0.25) is 4.98 Å². The van der Waals surface area contributed by atoms with Gasteiger partial charge in [0.1, 0.15) is 0 Å². The molecule has 1 heterocycles. The van der Waals surface area contributed by atoms with Gasteiger partial charge < -0.3 is 5.73 Å². The van der Waals surface area contributed by atoms with Crippen LogP contribution in [0.1, 0.15) is 26.0 Å². The van der Waals surface area contributed by atoms with E-state index in [1.54, 1.807) is 6.20 Å². The van der Waals surface area contributed by atoms with Crippen LogP contribution in [-0.2, 0) is 6.42 Å². The molecule has 3 heteroatoms. The lowest BCUT2D eigenvalue weighted by molar-refractivity contribution is 0.445. The maximum absolute atomic E-state index is 6.03. The summed E-state index contributed by atoms with van der Waals surface area (Å²) in [6.07, 6.45) is 3.60. The van der Waals surface area contributed by atoms with E-state index in [0.29, 0.717) is 0 Å². The number of pyridine rings is 1. The fourth-order valence-electron chi connectivity index (χ4n) is 1.05. The third-order valence-corrected chi connectivity index (χ3v) is 2.65. The normalized spacial score (nSPS) is 15.4. The molecule has 0 spiro atoms. The van der Waals surface area contributed by atoms with E-state index < -0.39 is 0 Å². The van der Waals surface area contributed by atoms with Gasteiger partial charge in [-0.1, -0.05) is 6.92 Å². The zero-order valence-corrected chi connectivity index (χ0v) is 9.63. The van der Waals surface area contributed by atoms with E-state index in [2.05, 4.69) is 34.8 Å². The molecule has 72 valence electrons. The molecule has 0 radical (unpaired) electrons. The van der Waals surface area contributed by atoms with Gasteiger partial charge in [0.15, 0.2) is 0 Å². The van der Waals surface area contributed by atoms with Gasteiger partial charge in [0, 0.05) is 28.3 Å². The van der Waals surface area contributed by atoms with Crippen LogP contribution in [0.15, 0.2) is 22.8 Å². The van der Waals surface area contributed by atoms with Gasteiger partial charge in [-0.15, -0.1) is 0 Å². The first-order valence-electron chi connectivity index (χ1n) is 4.43. The predicted molar refractivity (Wildman–Crippen MR) is 58.5 cm³/mol. The van der Waals surface area contributed by atoms with Crippen molar-refractivity contribution >= 4 is 15.9 Å². The second-order valence-electron chi connectivity index (χ2n) is 3.65. The summed E-state index contributed by atoms with van der Waals surface area (Å²) < 4.78 is 1.01. The Morgan fingerprint density at radius 1 is 1.54 bits per heavy atom. The van der Waals surface area contributed by atoms with E-state index in [1.807, 2.05) is 12.1 Å². The molecule has 0 aliphatic rings. The summed E-state index contributed by atoms with van der Waals surface area (Å²) in [6, 6.07) is 4.00. The third-order valence-electron chi connectivity index (χ3n) is 2.18. The molecular formula is C10H15BrN2. The molecule has 1 unspecified atom stereocenters. The molecule has 0 bridgehead atoms. The smallest absolute Gasteiger partial charge is 0.0422 e. The van der Waals surface area contributed by atoms with Gasteiger partial charge >= 0.3 is 0 Å². The number of aromatic nitrogens is 1. The molecule has 0 saturated carbocycles. The Bertz CT molecular complexity index is 267. The van der Waals surface area contributed by atoms with Gasteiger partial charge in [-0.25, -0.2) is 0 Å². The zero-order valence-electron chi connectivity index (χ0n) is 8.05. The van der Waals surface area contributed by atoms with E-state index in [4.69, 9.17) is 5.73 Å². The first-order chi connectivity index (χ1) is 6.03. The van der Waals surface area contributed by atoms with Crippen molar-refractivity contribution in [1.29, 1.82) is 0 Å². The average Bonchev–Trinajstić information content (AvgIpc) is 2.09. The molecule has 1 aromatic rings. The van der Waals surface area contributed by atoms with Crippen LogP contribution in [0.5, 0.6) is 0 Å². The number of hydrogen-bond acceptors (Lipinski definition) is 2. The third kappa shape index (κ3) is 3.44. The Morgan fingerprint density at radius 3 is 2.69 bits per heavy atom. The molecule has 1 atom stereocenters. The Labute approximate surface area is 87.7 Å². The molecule has 0 saturated heterocycles. The summed E-state index contributed by atoms with van der Waals surface area (Å²) in [5, 5.41) is 0. The largest absolute Gasteiger partial charge is 0.325 e. The Kier molecular flexibility index (Phi) is 3.45. The second kappa shape index (κ2) is 4.20. The predicted octanol–water partition coefficient (Wildman–Crippen LogP) is 2.51. The van der Waals surface area contributed by atoms with Crippen LogP contribution in [0.25, 0.3) is 0 Å². The van der Waals surface area contributed by atoms with Crippen LogP contribution in [-0.4, -0.2) is 10.5 Å². The molecule has 1 aromatic heterocycles. The van der Waals surface area contributed by atoms with Crippen molar-refractivity contribution in [3.8, 4) is 0 Å². The quantitative estimate of drug-likeness (QED) is 0.885. The van der Waals surface area contributed by atoms with Crippen LogP contribution < -0.4 is 5.73 Å². The minimum absolute atomic E-state index is 0.138. The minimum atomic E-state index is -0.138. The summed E-state index contributed by atoms with van der Waals surface area (Å²) in [6.45, 7) is 4.15. The molecule has 1 rings (SSSR count). The molecule has 0 aliphatic carbocycles. The van der Waals surface area contributed by atoms with E-state index >= 15 is 0 Å². The molecule has 2 N–H and O–H groups in total. The summed E-state index contributed by atoms with van der Waals surface area (Å²) in [5.41, 5.74) is 6.95. The highest BCUT2D eigenvalue weighted by atomic mass is 79.9. The van der Waals surface area contributed by atoms with Crippen molar-refractivity contribution in [3.63, 3.8) is 0 Å². The van der Waals surface area contributed by atoms with Crippen molar-refractivity contribution in [3.05, 3.63) is 28.5 Å². The van der Waals surface area contributed by atoms with E-state index in [0.717, 1.165) is 23.0 Å². The number of nitrogens with two attached hydrogens (primary N) is 1. The number of hydrogen-bond donors (Lipinski definition) is 1. The molecule has 0 fully saturated rings. The zero-order chi connectivity index (χ0) is 9.90. The summed E-state index contributed by atoms with van der Waals surface area (Å²) in [4.78, 5) is 4.28. The number of nitrogens with zero attached hydrogens (tertiary/aromatic N) is 1. The van der Waals surface area contributed by atoms with Gasteiger partial charge in [0.25, 0.3) is 0 Å². The van der Waals surface area contributed by atoms with Crippen LogP contribution in [0.4, 0.5) is 0 Å². The van der Waals surface area contributed by atoms with E-state index in [-0.39, 0.29) is 5.54 Å². The van der Waals surface area contributed by atoms with E-state index in [9.17, 15) is 0 Å². The average molecular weight is 243 g/mol. The van der Waals surface area contributed by atoms with Crippen LogP contribution in [0.3, 0.4) is 0 Å². The van der Waals surface area contributed by atoms with Gasteiger partial charge in [0.05, 0.1) is 0 Å². The maximum atomic E-state index is 6.03. The highest BCUT2D eigenvalue weighted by Gasteiger charge is 2.16. The molecule has 2 nitrogen and oxygen atoms in total. The summed E-state index contributed by atoms with van der Waals surface area (Å²) in [7, 11) is 0. The Morgan fingerprint density at radius 2 is 2.23 bits per heavy atom. The lowest BCUT2D eigenvalue weighted by atomic mass is 9.94. The number of rotatable bonds is 3. The Balaban J connectivity index is 2.69. The van der Waals surface area contributed by atoms with Crippen LogP contribution in [0.2, 0.25) is 0 Å². The maximum Gasteiger partial charge on any atom is 0.0422 e. The lowest BCUT2D eigenvalue weighted by Crippen LogP contribution is -2.37. The minimum Gasteiger partial charge on any atom is -0.325 e. The molecule has 13 heavy (non-hydrogen) atoms. The topological polar surface area (TPSA) is 38.9 Å². The molecule has 0 amide bonds. The SMILES string of the molecule is CCC(C)(N)Cc1ccc(Br)cn1. The van der Waals surface area contributed by atoms with Crippen LogP contribution >= 0.6 is 15.9 Å². The van der Waals surface area contributed by atoms with Gasteiger partial charge in [0.2, 0.25) is 0 Å². The first-order valence-corrected chi connectivity index (χ1v) is 5.22. The van der Waals surface area contributed by atoms with Gasteiger partial charge in [-0.2, -0.15) is 0 Å². The van der Waals surface area contributed by atoms with Crippen molar-refractivity contribution in [1.82, 2.24) is 4.98 Å². The monoisotopic (exact) mass is 242 g/mol. The molecular weight excluding hydrogens is 228 g/mol. The molecule has 0 aromatic carbocycles. The second-order valence-corrected chi connectivity index (χ2v) is 4.57. The molecule has 0 aliphatic heterocycles.